The highest BCUT2D eigenvalue weighted by molar-refractivity contribution is 6.00. The third kappa shape index (κ3) is 4.23. The standard InChI is InChI=1S/C17H18N2O4/c1-3-22-16-10-14(18)13(9-15(16)19-11(2)20)17(21)23-12-7-5-4-6-8-12/h4-10H,3,18H2,1-2H3,(H,19,20). The van der Waals surface area contributed by atoms with Gasteiger partial charge in [0.2, 0.25) is 5.91 Å². The molecule has 0 aliphatic carbocycles. The molecule has 2 aromatic carbocycles. The summed E-state index contributed by atoms with van der Waals surface area (Å²) >= 11 is 0. The van der Waals surface area contributed by atoms with E-state index in [-0.39, 0.29) is 17.2 Å². The summed E-state index contributed by atoms with van der Waals surface area (Å²) in [5.41, 5.74) is 6.65. The minimum atomic E-state index is -0.608. The van der Waals surface area contributed by atoms with E-state index in [4.69, 9.17) is 15.2 Å². The topological polar surface area (TPSA) is 90.7 Å². The van der Waals surface area contributed by atoms with E-state index in [2.05, 4.69) is 5.32 Å². The van der Waals surface area contributed by atoms with Gasteiger partial charge in [0.1, 0.15) is 11.5 Å². The van der Waals surface area contributed by atoms with Gasteiger partial charge in [0.05, 0.1) is 17.9 Å². The first kappa shape index (κ1) is 16.4. The molecule has 6 heteroatoms. The molecular formula is C17H18N2O4. The summed E-state index contributed by atoms with van der Waals surface area (Å²) in [4.78, 5) is 23.6. The largest absolute Gasteiger partial charge is 0.492 e. The van der Waals surface area contributed by atoms with Crippen molar-refractivity contribution in [3.05, 3.63) is 48.0 Å². The zero-order valence-electron chi connectivity index (χ0n) is 13.0. The SMILES string of the molecule is CCOc1cc(N)c(C(=O)Oc2ccccc2)cc1NC(C)=O. The second-order valence-electron chi connectivity index (χ2n) is 4.75. The molecule has 0 aromatic heterocycles. The summed E-state index contributed by atoms with van der Waals surface area (Å²) in [6.07, 6.45) is 0. The van der Waals surface area contributed by atoms with E-state index in [0.717, 1.165) is 0 Å². The molecule has 0 saturated heterocycles. The highest BCUT2D eigenvalue weighted by Gasteiger charge is 2.17. The molecule has 0 aliphatic heterocycles. The monoisotopic (exact) mass is 314 g/mol. The number of benzene rings is 2. The third-order valence-corrected chi connectivity index (χ3v) is 2.94. The highest BCUT2D eigenvalue weighted by atomic mass is 16.5. The van der Waals surface area contributed by atoms with E-state index >= 15 is 0 Å². The van der Waals surface area contributed by atoms with Gasteiger partial charge in [-0.3, -0.25) is 4.79 Å². The second kappa shape index (κ2) is 7.31. The molecule has 0 radical (unpaired) electrons. The Morgan fingerprint density at radius 3 is 2.48 bits per heavy atom. The van der Waals surface area contributed by atoms with Crippen LogP contribution in [0.4, 0.5) is 11.4 Å². The maximum absolute atomic E-state index is 12.3. The lowest BCUT2D eigenvalue weighted by molar-refractivity contribution is -0.114. The van der Waals surface area contributed by atoms with Crippen LogP contribution in [0.15, 0.2) is 42.5 Å². The Morgan fingerprint density at radius 2 is 1.87 bits per heavy atom. The molecule has 3 N–H and O–H groups in total. The van der Waals surface area contributed by atoms with Crippen LogP contribution in [-0.4, -0.2) is 18.5 Å². The van der Waals surface area contributed by atoms with E-state index < -0.39 is 5.97 Å². The minimum absolute atomic E-state index is 0.154. The third-order valence-electron chi connectivity index (χ3n) is 2.94. The van der Waals surface area contributed by atoms with Crippen LogP contribution >= 0.6 is 0 Å². The number of nitrogens with two attached hydrogens (primary N) is 1. The molecule has 0 saturated carbocycles. The number of hydrogen-bond acceptors (Lipinski definition) is 5. The number of carbonyl (C=O) groups excluding carboxylic acids is 2. The summed E-state index contributed by atoms with van der Waals surface area (Å²) in [5, 5.41) is 2.62. The van der Waals surface area contributed by atoms with Crippen molar-refractivity contribution in [3.63, 3.8) is 0 Å². The van der Waals surface area contributed by atoms with E-state index in [9.17, 15) is 9.59 Å². The molecule has 0 fully saturated rings. The van der Waals surface area contributed by atoms with Crippen molar-refractivity contribution in [2.24, 2.45) is 0 Å². The highest BCUT2D eigenvalue weighted by Crippen LogP contribution is 2.31. The van der Waals surface area contributed by atoms with Gasteiger partial charge in [-0.1, -0.05) is 18.2 Å². The lowest BCUT2D eigenvalue weighted by Crippen LogP contribution is -2.14. The normalized spacial score (nSPS) is 10.0. The predicted octanol–water partition coefficient (Wildman–Crippen LogP) is 2.85. The number of para-hydroxylation sites is 1. The van der Waals surface area contributed by atoms with Gasteiger partial charge >= 0.3 is 5.97 Å². The number of rotatable bonds is 5. The van der Waals surface area contributed by atoms with E-state index in [1.165, 1.54) is 19.1 Å². The number of amides is 1. The van der Waals surface area contributed by atoms with Gasteiger partial charge in [-0.25, -0.2) is 4.79 Å². The van der Waals surface area contributed by atoms with Gasteiger partial charge in [-0.2, -0.15) is 0 Å². The summed E-state index contributed by atoms with van der Waals surface area (Å²) in [5.74, 6) is -0.0789. The summed E-state index contributed by atoms with van der Waals surface area (Å²) < 4.78 is 10.7. The van der Waals surface area contributed by atoms with Crippen molar-refractivity contribution < 1.29 is 19.1 Å². The van der Waals surface area contributed by atoms with Crippen LogP contribution in [0.3, 0.4) is 0 Å². The van der Waals surface area contributed by atoms with Crippen LogP contribution < -0.4 is 20.5 Å². The summed E-state index contributed by atoms with van der Waals surface area (Å²) in [6, 6.07) is 11.6. The van der Waals surface area contributed by atoms with Crippen LogP contribution in [0.5, 0.6) is 11.5 Å². The fourth-order valence-electron chi connectivity index (χ4n) is 1.99. The number of ether oxygens (including phenoxy) is 2. The first-order chi connectivity index (χ1) is 11.0. The Labute approximate surface area is 134 Å². The van der Waals surface area contributed by atoms with Crippen molar-refractivity contribution in [2.75, 3.05) is 17.7 Å². The first-order valence-corrected chi connectivity index (χ1v) is 7.12. The zero-order chi connectivity index (χ0) is 16.8. The smallest absolute Gasteiger partial charge is 0.345 e. The van der Waals surface area contributed by atoms with Crippen LogP contribution in [0.1, 0.15) is 24.2 Å². The van der Waals surface area contributed by atoms with Crippen molar-refractivity contribution in [1.29, 1.82) is 0 Å². The molecule has 0 aliphatic rings. The Hall–Kier alpha value is -3.02. The Morgan fingerprint density at radius 1 is 1.17 bits per heavy atom. The van der Waals surface area contributed by atoms with E-state index in [1.54, 1.807) is 24.3 Å². The maximum Gasteiger partial charge on any atom is 0.345 e. The van der Waals surface area contributed by atoms with Crippen molar-refractivity contribution >= 4 is 23.3 Å². The molecule has 23 heavy (non-hydrogen) atoms. The molecule has 0 bridgehead atoms. The number of nitrogen functional groups attached to an aromatic ring is 1. The van der Waals surface area contributed by atoms with Crippen LogP contribution in [0, 0.1) is 0 Å². The summed E-state index contributed by atoms with van der Waals surface area (Å²) in [6.45, 7) is 3.58. The average molecular weight is 314 g/mol. The number of hydrogen-bond donors (Lipinski definition) is 2. The minimum Gasteiger partial charge on any atom is -0.492 e. The number of nitrogens with one attached hydrogen (secondary N) is 1. The van der Waals surface area contributed by atoms with Crippen LogP contribution in [0.25, 0.3) is 0 Å². The Kier molecular flexibility index (Phi) is 5.19. The van der Waals surface area contributed by atoms with E-state index in [0.29, 0.717) is 23.8 Å². The van der Waals surface area contributed by atoms with Crippen molar-refractivity contribution in [3.8, 4) is 11.5 Å². The lowest BCUT2D eigenvalue weighted by atomic mass is 10.1. The van der Waals surface area contributed by atoms with Crippen LogP contribution in [-0.2, 0) is 4.79 Å². The Balaban J connectivity index is 2.33. The van der Waals surface area contributed by atoms with Gasteiger partial charge in [-0.15, -0.1) is 0 Å². The number of esters is 1. The fourth-order valence-corrected chi connectivity index (χ4v) is 1.99. The molecule has 0 spiro atoms. The predicted molar refractivity (Wildman–Crippen MR) is 87.7 cm³/mol. The van der Waals surface area contributed by atoms with Gasteiger partial charge in [0.15, 0.2) is 0 Å². The molecule has 2 aromatic rings. The molecule has 0 unspecified atom stereocenters. The quantitative estimate of drug-likeness (QED) is 0.503. The summed E-state index contributed by atoms with van der Waals surface area (Å²) in [7, 11) is 0. The number of carbonyl (C=O) groups is 2. The van der Waals surface area contributed by atoms with E-state index in [1.807, 2.05) is 13.0 Å². The van der Waals surface area contributed by atoms with Gasteiger partial charge in [-0.05, 0) is 25.1 Å². The lowest BCUT2D eigenvalue weighted by Gasteiger charge is -2.14. The molecule has 6 nitrogen and oxygen atoms in total. The Bertz CT molecular complexity index is 714. The molecule has 120 valence electrons. The maximum atomic E-state index is 12.3. The molecular weight excluding hydrogens is 296 g/mol. The average Bonchev–Trinajstić information content (AvgIpc) is 2.50. The molecule has 1 amide bonds. The van der Waals surface area contributed by atoms with Crippen LogP contribution in [0.2, 0.25) is 0 Å². The van der Waals surface area contributed by atoms with Gasteiger partial charge < -0.3 is 20.5 Å². The zero-order valence-corrected chi connectivity index (χ0v) is 13.0. The second-order valence-corrected chi connectivity index (χ2v) is 4.75. The van der Waals surface area contributed by atoms with Crippen molar-refractivity contribution in [2.45, 2.75) is 13.8 Å². The van der Waals surface area contributed by atoms with Crippen molar-refractivity contribution in [1.82, 2.24) is 0 Å². The molecule has 0 atom stereocenters. The number of anilines is 2. The molecule has 2 rings (SSSR count). The molecule has 0 heterocycles. The first-order valence-electron chi connectivity index (χ1n) is 7.12. The van der Waals surface area contributed by atoms with Gasteiger partial charge in [0, 0.05) is 18.7 Å². The van der Waals surface area contributed by atoms with Gasteiger partial charge in [0.25, 0.3) is 0 Å². The fraction of sp³-hybridized carbons (Fsp3) is 0.176.